The summed E-state index contributed by atoms with van der Waals surface area (Å²) in [6.07, 6.45) is 7.43. The van der Waals surface area contributed by atoms with Crippen molar-refractivity contribution >= 4 is 5.91 Å². The molecule has 1 saturated heterocycles. The van der Waals surface area contributed by atoms with Crippen LogP contribution in [0.15, 0.2) is 24.3 Å². The number of nitrogens with zero attached hydrogens (tertiary/aromatic N) is 1. The van der Waals surface area contributed by atoms with Gasteiger partial charge < -0.3 is 15.0 Å². The lowest BCUT2D eigenvalue weighted by Crippen LogP contribution is -2.45. The van der Waals surface area contributed by atoms with Crippen molar-refractivity contribution in [3.8, 4) is 5.75 Å². The molecule has 24 heavy (non-hydrogen) atoms. The van der Waals surface area contributed by atoms with Gasteiger partial charge >= 0.3 is 0 Å². The summed E-state index contributed by atoms with van der Waals surface area (Å²) >= 11 is 0. The highest BCUT2D eigenvalue weighted by Crippen LogP contribution is 2.32. The first-order chi connectivity index (χ1) is 11.8. The molecule has 1 atom stereocenters. The Balaban J connectivity index is 1.51. The average Bonchev–Trinajstić information content (AvgIpc) is 3.24. The Bertz CT molecular complexity index is 575. The van der Waals surface area contributed by atoms with Crippen LogP contribution >= 0.6 is 0 Å². The number of amides is 1. The van der Waals surface area contributed by atoms with Crippen LogP contribution in [0.3, 0.4) is 0 Å². The summed E-state index contributed by atoms with van der Waals surface area (Å²) in [5, 5.41) is 3.41. The Kier molecular flexibility index (Phi) is 4.74. The van der Waals surface area contributed by atoms with E-state index in [0.29, 0.717) is 17.9 Å². The topological polar surface area (TPSA) is 41.6 Å². The van der Waals surface area contributed by atoms with Crippen molar-refractivity contribution < 1.29 is 9.53 Å². The summed E-state index contributed by atoms with van der Waals surface area (Å²) in [6, 6.07) is 8.12. The van der Waals surface area contributed by atoms with Crippen molar-refractivity contribution in [3.63, 3.8) is 0 Å². The molecule has 3 fully saturated rings. The first-order valence-corrected chi connectivity index (χ1v) is 9.55. The number of ether oxygens (including phenoxy) is 1. The first kappa shape index (κ1) is 15.9. The van der Waals surface area contributed by atoms with Crippen LogP contribution in [-0.2, 0) is 0 Å². The molecule has 0 bridgehead atoms. The van der Waals surface area contributed by atoms with Crippen molar-refractivity contribution in [2.24, 2.45) is 11.8 Å². The number of carbonyl (C=O) groups excluding carboxylic acids is 1. The molecule has 0 aromatic heterocycles. The van der Waals surface area contributed by atoms with E-state index in [1.807, 2.05) is 24.3 Å². The van der Waals surface area contributed by atoms with Crippen molar-refractivity contribution in [2.45, 2.75) is 44.6 Å². The van der Waals surface area contributed by atoms with E-state index in [2.05, 4.69) is 10.2 Å². The lowest BCUT2D eigenvalue weighted by Gasteiger charge is -2.36. The SMILES string of the molecule is O=C(c1ccccc1OCC1CC1)N(CC1CCC1)[C@H]1CCNC1. The molecule has 0 radical (unpaired) electrons. The van der Waals surface area contributed by atoms with Gasteiger partial charge in [0.15, 0.2) is 0 Å². The number of nitrogens with one attached hydrogen (secondary N) is 1. The van der Waals surface area contributed by atoms with Gasteiger partial charge in [-0.2, -0.15) is 0 Å². The number of benzene rings is 1. The minimum atomic E-state index is 0.155. The smallest absolute Gasteiger partial charge is 0.257 e. The highest BCUT2D eigenvalue weighted by Gasteiger charge is 2.32. The van der Waals surface area contributed by atoms with Gasteiger partial charge in [0.05, 0.1) is 12.2 Å². The zero-order chi connectivity index (χ0) is 16.4. The highest BCUT2D eigenvalue weighted by atomic mass is 16.5. The molecular weight excluding hydrogens is 300 g/mol. The van der Waals surface area contributed by atoms with E-state index in [1.165, 1.54) is 32.1 Å². The van der Waals surface area contributed by atoms with Crippen molar-refractivity contribution in [3.05, 3.63) is 29.8 Å². The third kappa shape index (κ3) is 3.59. The fraction of sp³-hybridized carbons (Fsp3) is 0.650. The molecule has 1 aliphatic heterocycles. The molecule has 1 aromatic carbocycles. The molecule has 0 spiro atoms. The zero-order valence-corrected chi connectivity index (χ0v) is 14.4. The van der Waals surface area contributed by atoms with Crippen LogP contribution in [0.4, 0.5) is 0 Å². The van der Waals surface area contributed by atoms with Gasteiger partial charge in [0.25, 0.3) is 5.91 Å². The van der Waals surface area contributed by atoms with E-state index < -0.39 is 0 Å². The molecule has 130 valence electrons. The van der Waals surface area contributed by atoms with Gasteiger partial charge in [-0.25, -0.2) is 0 Å². The van der Waals surface area contributed by atoms with E-state index in [1.54, 1.807) is 0 Å². The highest BCUT2D eigenvalue weighted by molar-refractivity contribution is 5.97. The van der Waals surface area contributed by atoms with Crippen LogP contribution < -0.4 is 10.1 Å². The van der Waals surface area contributed by atoms with Crippen molar-refractivity contribution in [2.75, 3.05) is 26.2 Å². The van der Waals surface area contributed by atoms with Crippen LogP contribution in [-0.4, -0.2) is 43.1 Å². The zero-order valence-electron chi connectivity index (χ0n) is 14.4. The van der Waals surface area contributed by atoms with E-state index in [4.69, 9.17) is 4.74 Å². The van der Waals surface area contributed by atoms with Gasteiger partial charge in [-0.1, -0.05) is 18.6 Å². The summed E-state index contributed by atoms with van der Waals surface area (Å²) in [5.74, 6) is 2.30. The number of para-hydroxylation sites is 1. The summed E-state index contributed by atoms with van der Waals surface area (Å²) in [4.78, 5) is 15.4. The molecule has 1 N–H and O–H groups in total. The molecule has 4 heteroatoms. The summed E-state index contributed by atoms with van der Waals surface area (Å²) in [5.41, 5.74) is 0.740. The molecule has 4 nitrogen and oxygen atoms in total. The lowest BCUT2D eigenvalue weighted by molar-refractivity contribution is 0.0611. The molecule has 3 aliphatic rings. The maximum Gasteiger partial charge on any atom is 0.257 e. The van der Waals surface area contributed by atoms with Crippen LogP contribution in [0.25, 0.3) is 0 Å². The van der Waals surface area contributed by atoms with E-state index in [9.17, 15) is 4.79 Å². The predicted octanol–water partition coefficient (Wildman–Crippen LogP) is 3.08. The minimum Gasteiger partial charge on any atom is -0.492 e. The molecule has 4 rings (SSSR count). The maximum atomic E-state index is 13.3. The van der Waals surface area contributed by atoms with E-state index >= 15 is 0 Å². The van der Waals surface area contributed by atoms with Gasteiger partial charge in [0.1, 0.15) is 5.75 Å². The second-order valence-corrected chi connectivity index (χ2v) is 7.65. The fourth-order valence-corrected chi connectivity index (χ4v) is 3.67. The predicted molar refractivity (Wildman–Crippen MR) is 94.3 cm³/mol. The number of hydrogen-bond acceptors (Lipinski definition) is 3. The fourth-order valence-electron chi connectivity index (χ4n) is 3.67. The third-order valence-electron chi connectivity index (χ3n) is 5.70. The number of hydrogen-bond donors (Lipinski definition) is 1. The largest absolute Gasteiger partial charge is 0.492 e. The van der Waals surface area contributed by atoms with Crippen molar-refractivity contribution in [1.82, 2.24) is 10.2 Å². The van der Waals surface area contributed by atoms with Gasteiger partial charge in [0, 0.05) is 19.1 Å². The normalized spacial score (nSPS) is 23.8. The van der Waals surface area contributed by atoms with E-state index in [-0.39, 0.29) is 5.91 Å². The average molecular weight is 328 g/mol. The first-order valence-electron chi connectivity index (χ1n) is 9.55. The molecule has 2 saturated carbocycles. The monoisotopic (exact) mass is 328 g/mol. The van der Waals surface area contributed by atoms with Gasteiger partial charge in [0.2, 0.25) is 0 Å². The van der Waals surface area contributed by atoms with Crippen LogP contribution in [0, 0.1) is 11.8 Å². The van der Waals surface area contributed by atoms with Gasteiger partial charge in [-0.15, -0.1) is 0 Å². The Morgan fingerprint density at radius 1 is 1.12 bits per heavy atom. The molecule has 1 heterocycles. The molecular formula is C20H28N2O2. The number of carbonyl (C=O) groups is 1. The van der Waals surface area contributed by atoms with Crippen LogP contribution in [0.5, 0.6) is 5.75 Å². The Hall–Kier alpha value is -1.55. The molecule has 1 aromatic rings. The molecule has 1 amide bonds. The molecule has 2 aliphatic carbocycles. The van der Waals surface area contributed by atoms with Gasteiger partial charge in [-0.05, 0) is 62.6 Å². The maximum absolute atomic E-state index is 13.3. The second kappa shape index (κ2) is 7.14. The summed E-state index contributed by atoms with van der Waals surface area (Å²) in [6.45, 7) is 3.59. The quantitative estimate of drug-likeness (QED) is 0.836. The van der Waals surface area contributed by atoms with Gasteiger partial charge in [-0.3, -0.25) is 4.79 Å². The summed E-state index contributed by atoms with van der Waals surface area (Å²) in [7, 11) is 0. The Labute approximate surface area is 144 Å². The third-order valence-corrected chi connectivity index (χ3v) is 5.70. The number of rotatable bonds is 7. The Morgan fingerprint density at radius 2 is 1.96 bits per heavy atom. The van der Waals surface area contributed by atoms with Crippen molar-refractivity contribution in [1.29, 1.82) is 0 Å². The van der Waals surface area contributed by atoms with E-state index in [0.717, 1.165) is 44.0 Å². The molecule has 0 unspecified atom stereocenters. The Morgan fingerprint density at radius 3 is 2.62 bits per heavy atom. The van der Waals surface area contributed by atoms with Crippen LogP contribution in [0.2, 0.25) is 0 Å². The standard InChI is InChI=1S/C20H28N2O2/c23-20(18-6-1-2-7-19(18)24-14-16-8-9-16)22(13-15-4-3-5-15)17-10-11-21-12-17/h1-2,6-7,15-17,21H,3-5,8-14H2/t17-/m0/s1. The van der Waals surface area contributed by atoms with Crippen LogP contribution in [0.1, 0.15) is 48.9 Å². The second-order valence-electron chi connectivity index (χ2n) is 7.65. The summed E-state index contributed by atoms with van der Waals surface area (Å²) < 4.78 is 5.98. The minimum absolute atomic E-state index is 0.155. The lowest BCUT2D eigenvalue weighted by atomic mass is 9.84.